The number of carbonyl (C=O) groups is 1. The highest BCUT2D eigenvalue weighted by molar-refractivity contribution is 5.78. The molecule has 1 aliphatic rings. The molecule has 1 aromatic rings. The van der Waals surface area contributed by atoms with E-state index in [9.17, 15) is 4.79 Å². The minimum atomic E-state index is 0.245. The minimum Gasteiger partial charge on any atom is -0.381 e. The van der Waals surface area contributed by atoms with Gasteiger partial charge < -0.3 is 9.64 Å². The highest BCUT2D eigenvalue weighted by atomic mass is 16.5. The molecule has 1 heterocycles. The van der Waals surface area contributed by atoms with Crippen LogP contribution in [-0.4, -0.2) is 37.1 Å². The van der Waals surface area contributed by atoms with E-state index in [4.69, 9.17) is 4.74 Å². The third kappa shape index (κ3) is 4.34. The van der Waals surface area contributed by atoms with Crippen molar-refractivity contribution in [3.05, 3.63) is 35.4 Å². The fourth-order valence-electron chi connectivity index (χ4n) is 2.70. The Morgan fingerprint density at radius 2 is 2.10 bits per heavy atom. The zero-order valence-corrected chi connectivity index (χ0v) is 12.6. The summed E-state index contributed by atoms with van der Waals surface area (Å²) in [5.74, 6) is 0.751. The second-order valence-electron chi connectivity index (χ2n) is 5.67. The van der Waals surface area contributed by atoms with Gasteiger partial charge in [-0.25, -0.2) is 0 Å². The van der Waals surface area contributed by atoms with Crippen molar-refractivity contribution in [2.45, 2.75) is 33.1 Å². The molecule has 0 spiro atoms. The number of aryl methyl sites for hydroxylation is 1. The van der Waals surface area contributed by atoms with Gasteiger partial charge in [0.15, 0.2) is 0 Å². The van der Waals surface area contributed by atoms with Gasteiger partial charge in [-0.2, -0.15) is 0 Å². The van der Waals surface area contributed by atoms with Gasteiger partial charge in [0.25, 0.3) is 0 Å². The van der Waals surface area contributed by atoms with E-state index >= 15 is 0 Å². The average Bonchev–Trinajstić information content (AvgIpc) is 2.48. The quantitative estimate of drug-likeness (QED) is 0.827. The van der Waals surface area contributed by atoms with Crippen molar-refractivity contribution < 1.29 is 9.53 Å². The van der Waals surface area contributed by atoms with Crippen molar-refractivity contribution >= 4 is 5.91 Å². The van der Waals surface area contributed by atoms with Crippen molar-refractivity contribution in [1.82, 2.24) is 4.90 Å². The van der Waals surface area contributed by atoms with Crippen molar-refractivity contribution in [1.29, 1.82) is 0 Å². The lowest BCUT2D eigenvalue weighted by atomic mass is 9.98. The molecule has 1 aromatic carbocycles. The van der Waals surface area contributed by atoms with Gasteiger partial charge in [0.05, 0.1) is 13.0 Å². The molecule has 1 unspecified atom stereocenters. The molecular formula is C17H25NO2. The monoisotopic (exact) mass is 275 g/mol. The Kier molecular flexibility index (Phi) is 5.60. The largest absolute Gasteiger partial charge is 0.381 e. The molecule has 1 atom stereocenters. The summed E-state index contributed by atoms with van der Waals surface area (Å²) in [6, 6.07) is 8.23. The van der Waals surface area contributed by atoms with Crippen molar-refractivity contribution in [2.24, 2.45) is 5.92 Å². The minimum absolute atomic E-state index is 0.245. The number of likely N-dealkylation sites (tertiary alicyclic amines) is 1. The summed E-state index contributed by atoms with van der Waals surface area (Å²) >= 11 is 0. The van der Waals surface area contributed by atoms with Gasteiger partial charge in [-0.15, -0.1) is 0 Å². The third-order valence-electron chi connectivity index (χ3n) is 3.91. The van der Waals surface area contributed by atoms with Gasteiger partial charge in [0, 0.05) is 19.7 Å². The Morgan fingerprint density at radius 3 is 2.80 bits per heavy atom. The Labute approximate surface area is 121 Å². The van der Waals surface area contributed by atoms with Gasteiger partial charge in [-0.1, -0.05) is 29.8 Å². The Morgan fingerprint density at radius 1 is 1.35 bits per heavy atom. The number of nitrogens with zero attached hydrogens (tertiary/aromatic N) is 1. The van der Waals surface area contributed by atoms with Crippen LogP contribution in [-0.2, 0) is 16.0 Å². The van der Waals surface area contributed by atoms with Crippen LogP contribution in [0.15, 0.2) is 24.3 Å². The lowest BCUT2D eigenvalue weighted by Gasteiger charge is -2.32. The second kappa shape index (κ2) is 7.44. The molecule has 0 bridgehead atoms. The van der Waals surface area contributed by atoms with Gasteiger partial charge in [0.1, 0.15) is 0 Å². The molecule has 2 rings (SSSR count). The lowest BCUT2D eigenvalue weighted by molar-refractivity contribution is -0.132. The van der Waals surface area contributed by atoms with Crippen LogP contribution in [0.4, 0.5) is 0 Å². The van der Waals surface area contributed by atoms with Gasteiger partial charge in [-0.05, 0) is 38.2 Å². The van der Waals surface area contributed by atoms with Crippen LogP contribution in [0.5, 0.6) is 0 Å². The van der Waals surface area contributed by atoms with E-state index in [1.165, 1.54) is 12.0 Å². The highest BCUT2D eigenvalue weighted by Crippen LogP contribution is 2.18. The van der Waals surface area contributed by atoms with E-state index < -0.39 is 0 Å². The summed E-state index contributed by atoms with van der Waals surface area (Å²) in [7, 11) is 0. The molecule has 3 heteroatoms. The van der Waals surface area contributed by atoms with E-state index in [1.54, 1.807) is 0 Å². The van der Waals surface area contributed by atoms with Crippen LogP contribution in [0.1, 0.15) is 30.9 Å². The van der Waals surface area contributed by atoms with Crippen LogP contribution in [0.2, 0.25) is 0 Å². The molecule has 1 amide bonds. The summed E-state index contributed by atoms with van der Waals surface area (Å²) in [6.07, 6.45) is 2.79. The molecule has 0 radical (unpaired) electrons. The molecule has 0 aliphatic carbocycles. The smallest absolute Gasteiger partial charge is 0.226 e. The first kappa shape index (κ1) is 15.0. The highest BCUT2D eigenvalue weighted by Gasteiger charge is 2.23. The van der Waals surface area contributed by atoms with Crippen molar-refractivity contribution in [2.75, 3.05) is 26.3 Å². The predicted molar refractivity (Wildman–Crippen MR) is 80.7 cm³/mol. The lowest BCUT2D eigenvalue weighted by Crippen LogP contribution is -2.42. The Hall–Kier alpha value is -1.35. The van der Waals surface area contributed by atoms with E-state index in [1.807, 2.05) is 11.8 Å². The molecule has 3 nitrogen and oxygen atoms in total. The van der Waals surface area contributed by atoms with Gasteiger partial charge in [0.2, 0.25) is 5.91 Å². The normalized spacial score (nSPS) is 19.1. The van der Waals surface area contributed by atoms with Gasteiger partial charge in [-0.3, -0.25) is 4.79 Å². The number of hydrogen-bond acceptors (Lipinski definition) is 2. The molecule has 0 saturated carbocycles. The maximum absolute atomic E-state index is 12.4. The maximum atomic E-state index is 12.4. The summed E-state index contributed by atoms with van der Waals surface area (Å²) in [5, 5.41) is 0. The van der Waals surface area contributed by atoms with Crippen LogP contribution in [0, 0.1) is 12.8 Å². The summed E-state index contributed by atoms with van der Waals surface area (Å²) in [5.41, 5.74) is 2.34. The number of rotatable bonds is 5. The molecular weight excluding hydrogens is 250 g/mol. The molecule has 1 saturated heterocycles. The van der Waals surface area contributed by atoms with Crippen LogP contribution < -0.4 is 0 Å². The topological polar surface area (TPSA) is 29.5 Å². The zero-order chi connectivity index (χ0) is 14.4. The van der Waals surface area contributed by atoms with Crippen LogP contribution >= 0.6 is 0 Å². The van der Waals surface area contributed by atoms with E-state index in [2.05, 4.69) is 31.2 Å². The fourth-order valence-corrected chi connectivity index (χ4v) is 2.70. The third-order valence-corrected chi connectivity index (χ3v) is 3.91. The Balaban J connectivity index is 1.86. The van der Waals surface area contributed by atoms with Crippen LogP contribution in [0.3, 0.4) is 0 Å². The molecule has 1 aliphatic heterocycles. The average molecular weight is 275 g/mol. The molecule has 1 fully saturated rings. The second-order valence-corrected chi connectivity index (χ2v) is 5.67. The van der Waals surface area contributed by atoms with Gasteiger partial charge >= 0.3 is 0 Å². The fraction of sp³-hybridized carbons (Fsp3) is 0.588. The molecule has 0 N–H and O–H groups in total. The summed E-state index contributed by atoms with van der Waals surface area (Å²) < 4.78 is 5.49. The standard InChI is InChI=1S/C17H25NO2/c1-3-20-13-16-5-4-10-18(12-16)17(19)11-15-8-6-14(2)7-9-15/h6-9,16H,3-5,10-13H2,1-2H3. The summed E-state index contributed by atoms with van der Waals surface area (Å²) in [6.45, 7) is 7.37. The SMILES string of the molecule is CCOCC1CCCN(C(=O)Cc2ccc(C)cc2)C1. The van der Waals surface area contributed by atoms with E-state index in [-0.39, 0.29) is 5.91 Å². The first-order valence-electron chi connectivity index (χ1n) is 7.60. The zero-order valence-electron chi connectivity index (χ0n) is 12.6. The van der Waals surface area contributed by atoms with E-state index in [0.29, 0.717) is 12.3 Å². The number of piperidine rings is 1. The maximum Gasteiger partial charge on any atom is 0.226 e. The van der Waals surface area contributed by atoms with E-state index in [0.717, 1.165) is 38.3 Å². The van der Waals surface area contributed by atoms with Crippen molar-refractivity contribution in [3.8, 4) is 0 Å². The molecule has 110 valence electrons. The molecule has 0 aromatic heterocycles. The number of carbonyl (C=O) groups excluding carboxylic acids is 1. The molecule has 20 heavy (non-hydrogen) atoms. The number of hydrogen-bond donors (Lipinski definition) is 0. The van der Waals surface area contributed by atoms with Crippen LogP contribution in [0.25, 0.3) is 0 Å². The predicted octanol–water partition coefficient (Wildman–Crippen LogP) is 2.81. The summed E-state index contributed by atoms with van der Waals surface area (Å²) in [4.78, 5) is 14.4. The number of ether oxygens (including phenoxy) is 1. The van der Waals surface area contributed by atoms with Crippen molar-refractivity contribution in [3.63, 3.8) is 0 Å². The number of amides is 1. The first-order valence-corrected chi connectivity index (χ1v) is 7.60. The first-order chi connectivity index (χ1) is 9.69. The Bertz CT molecular complexity index is 427. The number of benzene rings is 1.